The van der Waals surface area contributed by atoms with Gasteiger partial charge >= 0.3 is 0 Å². The van der Waals surface area contributed by atoms with Crippen molar-refractivity contribution >= 4 is 50.9 Å². The summed E-state index contributed by atoms with van der Waals surface area (Å²) in [5.74, 6) is 0.682. The van der Waals surface area contributed by atoms with Gasteiger partial charge in [0.1, 0.15) is 10.7 Å². The highest BCUT2D eigenvalue weighted by molar-refractivity contribution is 9.11. The summed E-state index contributed by atoms with van der Waals surface area (Å²) < 4.78 is 0.827. The van der Waals surface area contributed by atoms with Gasteiger partial charge in [-0.1, -0.05) is 20.8 Å². The van der Waals surface area contributed by atoms with Crippen molar-refractivity contribution in [3.8, 4) is 0 Å². The standard InChI is InChI=1S/C16H19BrN4OS.C2H6/c1-3-7-21(4-2)14-6-5-12(10-19-14)20-16(22)15-11(9-18)8-13(17)23-15;1-2/h5-6,8-10,18H,3-4,7H2,1-2H3,(H,20,22);1-2H3. The van der Waals surface area contributed by atoms with Gasteiger partial charge < -0.3 is 15.6 Å². The molecular weight excluding hydrogens is 400 g/mol. The second-order valence-corrected chi connectivity index (χ2v) is 7.35. The fraction of sp³-hybridized carbons (Fsp3) is 0.389. The van der Waals surface area contributed by atoms with E-state index in [2.05, 4.69) is 45.0 Å². The molecule has 1 amide bonds. The molecular formula is C18H25BrN4OS. The molecule has 0 atom stereocenters. The summed E-state index contributed by atoms with van der Waals surface area (Å²) in [6.45, 7) is 10.1. The van der Waals surface area contributed by atoms with Crippen molar-refractivity contribution in [2.24, 2.45) is 0 Å². The van der Waals surface area contributed by atoms with Crippen LogP contribution in [0.3, 0.4) is 0 Å². The summed E-state index contributed by atoms with van der Waals surface area (Å²) in [7, 11) is 0. The summed E-state index contributed by atoms with van der Waals surface area (Å²) in [5.41, 5.74) is 1.25. The molecule has 2 N–H and O–H groups in total. The van der Waals surface area contributed by atoms with Crippen LogP contribution < -0.4 is 10.2 Å². The van der Waals surface area contributed by atoms with Gasteiger partial charge in [0.05, 0.1) is 15.7 Å². The molecule has 7 heteroatoms. The van der Waals surface area contributed by atoms with Gasteiger partial charge in [-0.3, -0.25) is 4.79 Å². The number of thiophene rings is 1. The Kier molecular flexibility index (Phi) is 9.37. The number of nitrogens with one attached hydrogen (secondary N) is 2. The smallest absolute Gasteiger partial charge is 0.266 e. The monoisotopic (exact) mass is 424 g/mol. The average molecular weight is 425 g/mol. The third-order valence-corrected chi connectivity index (χ3v) is 4.95. The van der Waals surface area contributed by atoms with Crippen molar-refractivity contribution in [1.82, 2.24) is 4.98 Å². The van der Waals surface area contributed by atoms with Crippen LogP contribution in [-0.2, 0) is 0 Å². The maximum Gasteiger partial charge on any atom is 0.266 e. The SMILES string of the molecule is CC.CCCN(CC)c1ccc(NC(=O)c2sc(Br)cc2C=N)cn1. The number of hydrogen-bond acceptors (Lipinski definition) is 5. The average Bonchev–Trinajstić information content (AvgIpc) is 3.03. The Hall–Kier alpha value is -1.73. The van der Waals surface area contributed by atoms with E-state index in [1.807, 2.05) is 26.0 Å². The van der Waals surface area contributed by atoms with Gasteiger partial charge in [0, 0.05) is 24.9 Å². The van der Waals surface area contributed by atoms with Crippen molar-refractivity contribution in [1.29, 1.82) is 5.41 Å². The third kappa shape index (κ3) is 5.93. The molecule has 2 aromatic heterocycles. The normalized spacial score (nSPS) is 9.80. The van der Waals surface area contributed by atoms with Crippen LogP contribution >= 0.6 is 27.3 Å². The van der Waals surface area contributed by atoms with Gasteiger partial charge in [-0.15, -0.1) is 11.3 Å². The van der Waals surface area contributed by atoms with E-state index in [0.29, 0.717) is 16.1 Å². The van der Waals surface area contributed by atoms with E-state index >= 15 is 0 Å². The summed E-state index contributed by atoms with van der Waals surface area (Å²) in [4.78, 5) is 19.4. The lowest BCUT2D eigenvalue weighted by Crippen LogP contribution is -2.24. The van der Waals surface area contributed by atoms with E-state index in [9.17, 15) is 4.79 Å². The minimum absolute atomic E-state index is 0.227. The van der Waals surface area contributed by atoms with Crippen molar-refractivity contribution in [2.75, 3.05) is 23.3 Å². The molecule has 0 aliphatic heterocycles. The van der Waals surface area contributed by atoms with E-state index < -0.39 is 0 Å². The van der Waals surface area contributed by atoms with E-state index in [1.165, 1.54) is 17.6 Å². The highest BCUT2D eigenvalue weighted by Gasteiger charge is 2.15. The molecule has 25 heavy (non-hydrogen) atoms. The number of carbonyl (C=O) groups is 1. The molecule has 0 unspecified atom stereocenters. The summed E-state index contributed by atoms with van der Waals surface area (Å²) in [5, 5.41) is 10.2. The minimum Gasteiger partial charge on any atom is -0.357 e. The zero-order valence-electron chi connectivity index (χ0n) is 15.1. The molecule has 2 heterocycles. The molecule has 2 aromatic rings. The Morgan fingerprint density at radius 3 is 2.64 bits per heavy atom. The Labute approximate surface area is 162 Å². The van der Waals surface area contributed by atoms with Gasteiger partial charge in [0.2, 0.25) is 0 Å². The van der Waals surface area contributed by atoms with Gasteiger partial charge in [-0.25, -0.2) is 4.98 Å². The van der Waals surface area contributed by atoms with Crippen molar-refractivity contribution in [2.45, 2.75) is 34.1 Å². The van der Waals surface area contributed by atoms with Gasteiger partial charge in [0.15, 0.2) is 0 Å². The van der Waals surface area contributed by atoms with Gasteiger partial charge in [-0.05, 0) is 47.5 Å². The molecule has 0 aliphatic carbocycles. The first kappa shape index (κ1) is 21.3. The molecule has 0 bridgehead atoms. The van der Waals surface area contributed by atoms with Crippen LogP contribution in [0.1, 0.15) is 49.4 Å². The number of nitrogens with zero attached hydrogens (tertiary/aromatic N) is 2. The Morgan fingerprint density at radius 1 is 1.40 bits per heavy atom. The molecule has 0 saturated carbocycles. The number of pyridine rings is 1. The quantitative estimate of drug-likeness (QED) is 0.582. The van der Waals surface area contributed by atoms with Gasteiger partial charge in [-0.2, -0.15) is 0 Å². The van der Waals surface area contributed by atoms with Crippen molar-refractivity contribution < 1.29 is 4.79 Å². The lowest BCUT2D eigenvalue weighted by Gasteiger charge is -2.21. The Morgan fingerprint density at radius 2 is 2.12 bits per heavy atom. The predicted molar refractivity (Wildman–Crippen MR) is 112 cm³/mol. The van der Waals surface area contributed by atoms with Crippen LogP contribution in [0.15, 0.2) is 28.2 Å². The van der Waals surface area contributed by atoms with Crippen LogP contribution in [0.4, 0.5) is 11.5 Å². The van der Waals surface area contributed by atoms with Crippen LogP contribution in [0.25, 0.3) is 0 Å². The lowest BCUT2D eigenvalue weighted by atomic mass is 10.2. The third-order valence-electron chi connectivity index (χ3n) is 3.30. The zero-order chi connectivity index (χ0) is 18.8. The minimum atomic E-state index is -0.227. The molecule has 0 aromatic carbocycles. The number of carbonyl (C=O) groups excluding carboxylic acids is 1. The molecule has 0 radical (unpaired) electrons. The number of amides is 1. The number of halogens is 1. The van der Waals surface area contributed by atoms with E-state index in [4.69, 9.17) is 5.41 Å². The molecule has 0 aliphatic rings. The summed E-state index contributed by atoms with van der Waals surface area (Å²) >= 11 is 4.65. The largest absolute Gasteiger partial charge is 0.357 e. The zero-order valence-corrected chi connectivity index (χ0v) is 17.5. The van der Waals surface area contributed by atoms with E-state index in [0.717, 1.165) is 29.1 Å². The predicted octanol–water partition coefficient (Wildman–Crippen LogP) is 5.42. The van der Waals surface area contributed by atoms with Crippen LogP contribution in [-0.4, -0.2) is 30.2 Å². The molecule has 0 fully saturated rings. The number of hydrogen-bond donors (Lipinski definition) is 2. The van der Waals surface area contributed by atoms with Crippen molar-refractivity contribution in [3.05, 3.63) is 38.6 Å². The highest BCUT2D eigenvalue weighted by atomic mass is 79.9. The van der Waals surface area contributed by atoms with Gasteiger partial charge in [0.25, 0.3) is 5.91 Å². The van der Waals surface area contributed by atoms with Crippen LogP contribution in [0.5, 0.6) is 0 Å². The topological polar surface area (TPSA) is 69.1 Å². The first-order chi connectivity index (χ1) is 12.1. The highest BCUT2D eigenvalue weighted by Crippen LogP contribution is 2.27. The molecule has 0 saturated heterocycles. The first-order valence-electron chi connectivity index (χ1n) is 8.41. The fourth-order valence-corrected chi connectivity index (χ4v) is 3.69. The maximum absolute atomic E-state index is 12.3. The number of aromatic nitrogens is 1. The second kappa shape index (κ2) is 11.0. The van der Waals surface area contributed by atoms with Crippen LogP contribution in [0.2, 0.25) is 0 Å². The first-order valence-corrected chi connectivity index (χ1v) is 10.0. The number of rotatable bonds is 7. The lowest BCUT2D eigenvalue weighted by molar-refractivity contribution is 0.103. The summed E-state index contributed by atoms with van der Waals surface area (Å²) in [6, 6.07) is 5.53. The Balaban J connectivity index is 0.00000151. The molecule has 2 rings (SSSR count). The maximum atomic E-state index is 12.3. The molecule has 5 nitrogen and oxygen atoms in total. The molecule has 136 valence electrons. The second-order valence-electron chi connectivity index (χ2n) is 4.92. The van der Waals surface area contributed by atoms with Crippen LogP contribution in [0, 0.1) is 5.41 Å². The van der Waals surface area contributed by atoms with Crippen molar-refractivity contribution in [3.63, 3.8) is 0 Å². The Bertz CT molecular complexity index is 685. The van der Waals surface area contributed by atoms with E-state index in [1.54, 1.807) is 12.3 Å². The fourth-order valence-electron chi connectivity index (χ4n) is 2.20. The summed E-state index contributed by atoms with van der Waals surface area (Å²) in [6.07, 6.45) is 3.91. The molecule has 0 spiro atoms. The number of anilines is 2. The van der Waals surface area contributed by atoms with E-state index in [-0.39, 0.29) is 5.91 Å².